The average Bonchev–Trinajstić information content (AvgIpc) is 3.30. The minimum absolute atomic E-state index is 0.126. The van der Waals surface area contributed by atoms with E-state index in [2.05, 4.69) is 31.0 Å². The molecule has 0 spiro atoms. The number of hydrogen-bond donors (Lipinski definition) is 0. The van der Waals surface area contributed by atoms with Crippen LogP contribution >= 0.6 is 15.9 Å². The van der Waals surface area contributed by atoms with Gasteiger partial charge in [0, 0.05) is 41.7 Å². The Balaban J connectivity index is 1.40. The summed E-state index contributed by atoms with van der Waals surface area (Å²) in [5.74, 6) is 0.133. The summed E-state index contributed by atoms with van der Waals surface area (Å²) in [5.41, 5.74) is 2.72. The van der Waals surface area contributed by atoms with Crippen molar-refractivity contribution in [3.05, 3.63) is 70.9 Å². The topological polar surface area (TPSA) is 68.3 Å². The number of hydrogen-bond acceptors (Lipinski definition) is 4. The van der Waals surface area contributed by atoms with E-state index in [-0.39, 0.29) is 5.91 Å². The fourth-order valence-electron chi connectivity index (χ4n) is 3.32. The molecule has 0 aromatic carbocycles. The average molecular weight is 441 g/mol. The van der Waals surface area contributed by atoms with Gasteiger partial charge in [-0.1, -0.05) is 0 Å². The Morgan fingerprint density at radius 2 is 2.04 bits per heavy atom. The summed E-state index contributed by atoms with van der Waals surface area (Å²) >= 11 is 3.41. The highest BCUT2D eigenvalue weighted by atomic mass is 79.9. The van der Waals surface area contributed by atoms with Gasteiger partial charge in [-0.05, 0) is 46.3 Å². The number of carbonyl (C=O) groups is 1. The van der Waals surface area contributed by atoms with Gasteiger partial charge >= 0.3 is 0 Å². The van der Waals surface area contributed by atoms with Crippen LogP contribution in [0.3, 0.4) is 0 Å². The summed E-state index contributed by atoms with van der Waals surface area (Å²) in [6.45, 7) is 1.60. The number of halogens is 2. The molecule has 1 aliphatic rings. The molecule has 0 saturated carbocycles. The summed E-state index contributed by atoms with van der Waals surface area (Å²) in [4.78, 5) is 23.0. The van der Waals surface area contributed by atoms with Crippen LogP contribution in [-0.2, 0) is 13.1 Å². The molecule has 7 nitrogen and oxygen atoms in total. The summed E-state index contributed by atoms with van der Waals surface area (Å²) in [7, 11) is 0. The SMILES string of the molecule is O=C(c1cc2ccc(Br)cn2n1)N1CCn2cc(-c3ccc(F)nc3)nc2C1. The van der Waals surface area contributed by atoms with Crippen LogP contribution in [-0.4, -0.2) is 41.5 Å². The van der Waals surface area contributed by atoms with Gasteiger partial charge in [0.15, 0.2) is 5.69 Å². The molecule has 0 radical (unpaired) electrons. The third-order valence-electron chi connectivity index (χ3n) is 4.76. The van der Waals surface area contributed by atoms with E-state index in [1.54, 1.807) is 21.5 Å². The lowest BCUT2D eigenvalue weighted by Crippen LogP contribution is -2.38. The number of rotatable bonds is 2. The van der Waals surface area contributed by atoms with Crippen molar-refractivity contribution in [1.29, 1.82) is 0 Å². The zero-order chi connectivity index (χ0) is 19.3. The van der Waals surface area contributed by atoms with E-state index >= 15 is 0 Å². The molecule has 1 aliphatic heterocycles. The molecule has 0 N–H and O–H groups in total. The van der Waals surface area contributed by atoms with Crippen molar-refractivity contribution >= 4 is 27.4 Å². The van der Waals surface area contributed by atoms with E-state index < -0.39 is 5.95 Å². The number of carbonyl (C=O) groups excluding carboxylic acids is 1. The summed E-state index contributed by atoms with van der Waals surface area (Å²) < 4.78 is 17.6. The quantitative estimate of drug-likeness (QED) is 0.449. The molecular formula is C19H14BrFN6O. The highest BCUT2D eigenvalue weighted by molar-refractivity contribution is 9.10. The molecule has 5 rings (SSSR count). The molecule has 1 amide bonds. The molecule has 0 bridgehead atoms. The highest BCUT2D eigenvalue weighted by Gasteiger charge is 2.25. The predicted octanol–water partition coefficient (Wildman–Crippen LogP) is 3.15. The summed E-state index contributed by atoms with van der Waals surface area (Å²) in [5, 5.41) is 4.39. The Hall–Kier alpha value is -3.07. The standard InChI is InChI=1S/C19H14BrFN6O/c20-13-2-3-14-7-15(24-27(14)9-13)19(28)26-6-5-25-10-16(23-18(25)11-26)12-1-4-17(21)22-8-12/h1-4,7-10H,5-6,11H2. The minimum Gasteiger partial charge on any atom is -0.331 e. The molecule has 0 unspecified atom stereocenters. The van der Waals surface area contributed by atoms with E-state index in [9.17, 15) is 9.18 Å². The lowest BCUT2D eigenvalue weighted by molar-refractivity contribution is 0.0701. The van der Waals surface area contributed by atoms with E-state index in [0.717, 1.165) is 27.1 Å². The van der Waals surface area contributed by atoms with Crippen LogP contribution in [0.4, 0.5) is 4.39 Å². The van der Waals surface area contributed by atoms with Crippen molar-refractivity contribution in [2.45, 2.75) is 13.1 Å². The number of aromatic nitrogens is 5. The van der Waals surface area contributed by atoms with Gasteiger partial charge in [0.1, 0.15) is 5.82 Å². The first kappa shape index (κ1) is 17.1. The van der Waals surface area contributed by atoms with Crippen LogP contribution in [0.2, 0.25) is 0 Å². The van der Waals surface area contributed by atoms with E-state index in [1.165, 1.54) is 12.3 Å². The molecule has 28 heavy (non-hydrogen) atoms. The van der Waals surface area contributed by atoms with E-state index in [0.29, 0.717) is 25.3 Å². The normalized spacial score (nSPS) is 13.7. The van der Waals surface area contributed by atoms with Crippen LogP contribution in [0.15, 0.2) is 53.4 Å². The van der Waals surface area contributed by atoms with Crippen LogP contribution < -0.4 is 0 Å². The Morgan fingerprint density at radius 3 is 2.86 bits per heavy atom. The number of fused-ring (bicyclic) bond motifs is 2. The first-order valence-electron chi connectivity index (χ1n) is 8.69. The van der Waals surface area contributed by atoms with Crippen LogP contribution in [0.5, 0.6) is 0 Å². The van der Waals surface area contributed by atoms with Gasteiger partial charge in [0.2, 0.25) is 5.95 Å². The first-order valence-corrected chi connectivity index (χ1v) is 9.48. The second-order valence-corrected chi connectivity index (χ2v) is 7.49. The minimum atomic E-state index is -0.524. The van der Waals surface area contributed by atoms with Crippen molar-refractivity contribution < 1.29 is 9.18 Å². The van der Waals surface area contributed by atoms with Crippen LogP contribution in [0, 0.1) is 5.95 Å². The van der Waals surface area contributed by atoms with Gasteiger partial charge in [-0.15, -0.1) is 0 Å². The van der Waals surface area contributed by atoms with Crippen LogP contribution in [0.25, 0.3) is 16.8 Å². The molecule has 0 aliphatic carbocycles. The molecule has 0 saturated heterocycles. The third-order valence-corrected chi connectivity index (χ3v) is 5.22. The zero-order valence-corrected chi connectivity index (χ0v) is 16.2. The van der Waals surface area contributed by atoms with E-state index in [4.69, 9.17) is 0 Å². The number of nitrogens with zero attached hydrogens (tertiary/aromatic N) is 6. The Labute approximate surface area is 167 Å². The number of imidazole rings is 1. The Bertz CT molecular complexity index is 1200. The number of amides is 1. The maximum Gasteiger partial charge on any atom is 0.274 e. The molecule has 4 aromatic rings. The zero-order valence-electron chi connectivity index (χ0n) is 14.6. The van der Waals surface area contributed by atoms with Gasteiger partial charge in [0.25, 0.3) is 5.91 Å². The van der Waals surface area contributed by atoms with Crippen LogP contribution in [0.1, 0.15) is 16.3 Å². The Kier molecular flexibility index (Phi) is 3.97. The number of pyridine rings is 2. The molecule has 4 aromatic heterocycles. The highest BCUT2D eigenvalue weighted by Crippen LogP contribution is 2.22. The predicted molar refractivity (Wildman–Crippen MR) is 103 cm³/mol. The largest absolute Gasteiger partial charge is 0.331 e. The molecule has 5 heterocycles. The van der Waals surface area contributed by atoms with Gasteiger partial charge < -0.3 is 9.47 Å². The maximum absolute atomic E-state index is 13.0. The lowest BCUT2D eigenvalue weighted by Gasteiger charge is -2.26. The molecule has 0 fully saturated rings. The molecule has 0 atom stereocenters. The second-order valence-electron chi connectivity index (χ2n) is 6.58. The molecular weight excluding hydrogens is 427 g/mol. The van der Waals surface area contributed by atoms with Crippen molar-refractivity contribution in [1.82, 2.24) is 29.0 Å². The maximum atomic E-state index is 13.0. The Morgan fingerprint density at radius 1 is 1.14 bits per heavy atom. The van der Waals surface area contributed by atoms with Crippen molar-refractivity contribution in [3.63, 3.8) is 0 Å². The van der Waals surface area contributed by atoms with Crippen molar-refractivity contribution in [3.8, 4) is 11.3 Å². The second kappa shape index (κ2) is 6.52. The van der Waals surface area contributed by atoms with Gasteiger partial charge in [-0.3, -0.25) is 4.79 Å². The summed E-state index contributed by atoms with van der Waals surface area (Å²) in [6, 6.07) is 8.56. The van der Waals surface area contributed by atoms with Crippen molar-refractivity contribution in [2.24, 2.45) is 0 Å². The van der Waals surface area contributed by atoms with Gasteiger partial charge in [-0.2, -0.15) is 9.49 Å². The summed E-state index contributed by atoms with van der Waals surface area (Å²) in [6.07, 6.45) is 5.19. The molecule has 140 valence electrons. The lowest BCUT2D eigenvalue weighted by atomic mass is 10.2. The first-order chi connectivity index (χ1) is 13.6. The fraction of sp³-hybridized carbons (Fsp3) is 0.158. The monoisotopic (exact) mass is 440 g/mol. The van der Waals surface area contributed by atoms with Gasteiger partial charge in [0.05, 0.1) is 17.8 Å². The molecule has 9 heteroatoms. The van der Waals surface area contributed by atoms with Crippen molar-refractivity contribution in [2.75, 3.05) is 6.54 Å². The fourth-order valence-corrected chi connectivity index (χ4v) is 3.65. The smallest absolute Gasteiger partial charge is 0.274 e. The van der Waals surface area contributed by atoms with E-state index in [1.807, 2.05) is 29.1 Å². The third kappa shape index (κ3) is 2.97. The van der Waals surface area contributed by atoms with Gasteiger partial charge in [-0.25, -0.2) is 14.5 Å².